The maximum Gasteiger partial charge on any atom is 0.253 e. The summed E-state index contributed by atoms with van der Waals surface area (Å²) in [7, 11) is 0. The van der Waals surface area contributed by atoms with Gasteiger partial charge in [-0.15, -0.1) is 0 Å². The number of carbonyl (C=O) groups is 2. The normalized spacial score (nSPS) is 13.2. The zero-order valence-corrected chi connectivity index (χ0v) is 15.4. The van der Waals surface area contributed by atoms with Gasteiger partial charge in [0.1, 0.15) is 6.04 Å². The summed E-state index contributed by atoms with van der Waals surface area (Å²) in [6.45, 7) is 5.70. The maximum atomic E-state index is 12.7. The van der Waals surface area contributed by atoms with E-state index in [4.69, 9.17) is 11.6 Å². The van der Waals surface area contributed by atoms with E-state index >= 15 is 0 Å². The summed E-state index contributed by atoms with van der Waals surface area (Å²) in [6, 6.07) is 15.7. The van der Waals surface area contributed by atoms with Crippen molar-refractivity contribution in [3.05, 3.63) is 70.7 Å². The van der Waals surface area contributed by atoms with E-state index < -0.39 is 6.04 Å². The van der Waals surface area contributed by atoms with Gasteiger partial charge < -0.3 is 10.6 Å². The van der Waals surface area contributed by atoms with Crippen molar-refractivity contribution in [1.82, 2.24) is 10.6 Å². The molecule has 0 radical (unpaired) electrons. The SMILES string of the molecule is CC(NC(=O)C(NC(=O)c1ccccc1Cl)C(C)C)c1ccccc1. The zero-order chi connectivity index (χ0) is 18.4. The summed E-state index contributed by atoms with van der Waals surface area (Å²) in [6.07, 6.45) is 0. The molecular formula is C20H23ClN2O2. The van der Waals surface area contributed by atoms with Gasteiger partial charge in [0, 0.05) is 0 Å². The van der Waals surface area contributed by atoms with Gasteiger partial charge in [0.15, 0.2) is 0 Å². The molecule has 2 rings (SSSR count). The topological polar surface area (TPSA) is 58.2 Å². The molecule has 0 aliphatic carbocycles. The molecule has 0 aromatic heterocycles. The van der Waals surface area contributed by atoms with Crippen molar-refractivity contribution in [1.29, 1.82) is 0 Å². The van der Waals surface area contributed by atoms with Crippen LogP contribution in [0.25, 0.3) is 0 Å². The molecule has 0 aliphatic rings. The van der Waals surface area contributed by atoms with E-state index in [0.717, 1.165) is 5.56 Å². The fourth-order valence-corrected chi connectivity index (χ4v) is 2.75. The second-order valence-corrected chi connectivity index (χ2v) is 6.72. The van der Waals surface area contributed by atoms with Crippen molar-refractivity contribution in [3.63, 3.8) is 0 Å². The van der Waals surface area contributed by atoms with Crippen LogP contribution >= 0.6 is 11.6 Å². The lowest BCUT2D eigenvalue weighted by Gasteiger charge is -2.24. The van der Waals surface area contributed by atoms with Gasteiger partial charge in [0.2, 0.25) is 5.91 Å². The minimum absolute atomic E-state index is 0.0607. The Kier molecular flexibility index (Phi) is 6.59. The van der Waals surface area contributed by atoms with E-state index in [1.807, 2.05) is 51.1 Å². The molecule has 2 atom stereocenters. The van der Waals surface area contributed by atoms with Crippen molar-refractivity contribution in [2.24, 2.45) is 5.92 Å². The van der Waals surface area contributed by atoms with Gasteiger partial charge in [-0.1, -0.05) is 67.9 Å². The molecule has 0 spiro atoms. The molecule has 5 heteroatoms. The molecular weight excluding hydrogens is 336 g/mol. The smallest absolute Gasteiger partial charge is 0.253 e. The van der Waals surface area contributed by atoms with Crippen LogP contribution in [0.1, 0.15) is 42.7 Å². The van der Waals surface area contributed by atoms with Crippen molar-refractivity contribution >= 4 is 23.4 Å². The lowest BCUT2D eigenvalue weighted by Crippen LogP contribution is -2.50. The van der Waals surface area contributed by atoms with Crippen LogP contribution in [0.3, 0.4) is 0 Å². The molecule has 2 amide bonds. The molecule has 2 aromatic carbocycles. The first-order chi connectivity index (χ1) is 11.9. The highest BCUT2D eigenvalue weighted by Gasteiger charge is 2.26. The molecule has 2 unspecified atom stereocenters. The highest BCUT2D eigenvalue weighted by atomic mass is 35.5. The third-order valence-electron chi connectivity index (χ3n) is 4.01. The van der Waals surface area contributed by atoms with Crippen LogP contribution in [0.2, 0.25) is 5.02 Å². The fraction of sp³-hybridized carbons (Fsp3) is 0.300. The Balaban J connectivity index is 2.08. The van der Waals surface area contributed by atoms with Gasteiger partial charge in [0.25, 0.3) is 5.91 Å². The minimum Gasteiger partial charge on any atom is -0.348 e. The number of carbonyl (C=O) groups excluding carboxylic acids is 2. The highest BCUT2D eigenvalue weighted by molar-refractivity contribution is 6.33. The van der Waals surface area contributed by atoms with Gasteiger partial charge in [-0.25, -0.2) is 0 Å². The Morgan fingerprint density at radius 1 is 0.880 bits per heavy atom. The largest absolute Gasteiger partial charge is 0.348 e. The van der Waals surface area contributed by atoms with Crippen LogP contribution in [-0.4, -0.2) is 17.9 Å². The molecule has 0 saturated heterocycles. The van der Waals surface area contributed by atoms with Gasteiger partial charge in [-0.2, -0.15) is 0 Å². The first-order valence-corrected chi connectivity index (χ1v) is 8.68. The lowest BCUT2D eigenvalue weighted by molar-refractivity contribution is -0.124. The number of rotatable bonds is 6. The third kappa shape index (κ3) is 5.07. The predicted octanol–water partition coefficient (Wildman–Crippen LogP) is 3.97. The molecule has 0 heterocycles. The van der Waals surface area contributed by atoms with Gasteiger partial charge in [0.05, 0.1) is 16.6 Å². The Hall–Kier alpha value is -2.33. The van der Waals surface area contributed by atoms with E-state index in [1.165, 1.54) is 0 Å². The van der Waals surface area contributed by atoms with Crippen molar-refractivity contribution in [2.75, 3.05) is 0 Å². The van der Waals surface area contributed by atoms with Gasteiger partial charge in [-0.3, -0.25) is 9.59 Å². The Bertz CT molecular complexity index is 731. The molecule has 0 bridgehead atoms. The van der Waals surface area contributed by atoms with Crippen LogP contribution in [0.15, 0.2) is 54.6 Å². The second-order valence-electron chi connectivity index (χ2n) is 6.32. The van der Waals surface area contributed by atoms with Crippen LogP contribution in [0.5, 0.6) is 0 Å². The van der Waals surface area contributed by atoms with E-state index in [-0.39, 0.29) is 23.8 Å². The number of halogens is 1. The molecule has 25 heavy (non-hydrogen) atoms. The van der Waals surface area contributed by atoms with Crippen LogP contribution in [-0.2, 0) is 4.79 Å². The first-order valence-electron chi connectivity index (χ1n) is 8.31. The van der Waals surface area contributed by atoms with E-state index in [0.29, 0.717) is 10.6 Å². The summed E-state index contributed by atoms with van der Waals surface area (Å²) in [4.78, 5) is 25.1. The van der Waals surface area contributed by atoms with Crippen molar-refractivity contribution in [3.8, 4) is 0 Å². The third-order valence-corrected chi connectivity index (χ3v) is 4.34. The average molecular weight is 359 g/mol. The summed E-state index contributed by atoms with van der Waals surface area (Å²) in [5, 5.41) is 6.12. The number of hydrogen-bond donors (Lipinski definition) is 2. The molecule has 0 aliphatic heterocycles. The number of hydrogen-bond acceptors (Lipinski definition) is 2. The highest BCUT2D eigenvalue weighted by Crippen LogP contribution is 2.16. The summed E-state index contributed by atoms with van der Waals surface area (Å²) in [5.74, 6) is -0.631. The molecule has 2 aromatic rings. The summed E-state index contributed by atoms with van der Waals surface area (Å²) >= 11 is 6.06. The molecule has 0 fully saturated rings. The molecule has 132 valence electrons. The van der Waals surface area contributed by atoms with E-state index in [9.17, 15) is 9.59 Å². The zero-order valence-electron chi connectivity index (χ0n) is 14.6. The van der Waals surface area contributed by atoms with E-state index in [1.54, 1.807) is 24.3 Å². The fourth-order valence-electron chi connectivity index (χ4n) is 2.53. The number of nitrogens with one attached hydrogen (secondary N) is 2. The second kappa shape index (κ2) is 8.67. The first kappa shape index (κ1) is 19.0. The summed E-state index contributed by atoms with van der Waals surface area (Å²) in [5.41, 5.74) is 1.37. The predicted molar refractivity (Wildman–Crippen MR) is 101 cm³/mol. The van der Waals surface area contributed by atoms with Gasteiger partial charge >= 0.3 is 0 Å². The average Bonchev–Trinajstić information content (AvgIpc) is 2.60. The van der Waals surface area contributed by atoms with Crippen molar-refractivity contribution in [2.45, 2.75) is 32.9 Å². The molecule has 2 N–H and O–H groups in total. The number of benzene rings is 2. The maximum absolute atomic E-state index is 12.7. The Morgan fingerprint density at radius 3 is 2.08 bits per heavy atom. The van der Waals surface area contributed by atoms with Gasteiger partial charge in [-0.05, 0) is 30.5 Å². The quantitative estimate of drug-likeness (QED) is 0.820. The number of amides is 2. The van der Waals surface area contributed by atoms with Crippen LogP contribution in [0, 0.1) is 5.92 Å². The Morgan fingerprint density at radius 2 is 1.48 bits per heavy atom. The molecule has 0 saturated carbocycles. The summed E-state index contributed by atoms with van der Waals surface area (Å²) < 4.78 is 0. The molecule has 4 nitrogen and oxygen atoms in total. The van der Waals surface area contributed by atoms with Crippen molar-refractivity contribution < 1.29 is 9.59 Å². The van der Waals surface area contributed by atoms with Crippen LogP contribution < -0.4 is 10.6 Å². The Labute approximate surface area is 153 Å². The standard InChI is InChI=1S/C20H23ClN2O2/c1-13(2)18(23-19(24)16-11-7-8-12-17(16)21)20(25)22-14(3)15-9-5-4-6-10-15/h4-14,18H,1-3H3,(H,22,25)(H,23,24). The minimum atomic E-state index is -0.644. The lowest BCUT2D eigenvalue weighted by atomic mass is 10.0. The monoisotopic (exact) mass is 358 g/mol. The van der Waals surface area contributed by atoms with E-state index in [2.05, 4.69) is 10.6 Å². The van der Waals surface area contributed by atoms with Crippen LogP contribution in [0.4, 0.5) is 0 Å².